The molecule has 1 heterocycles. The fourth-order valence-corrected chi connectivity index (χ4v) is 4.66. The van der Waals surface area contributed by atoms with Gasteiger partial charge in [0.05, 0.1) is 10.6 Å². The van der Waals surface area contributed by atoms with E-state index in [1.165, 1.54) is 42.5 Å². The maximum absolute atomic E-state index is 12.5. The quantitative estimate of drug-likeness (QED) is 0.689. The number of amides is 1. The maximum Gasteiger partial charge on any atom is 0.261 e. The summed E-state index contributed by atoms with van der Waals surface area (Å²) in [6.07, 6.45) is 4.33. The summed E-state index contributed by atoms with van der Waals surface area (Å²) in [5.74, 6) is 0.376. The molecule has 1 N–H and O–H groups in total. The van der Waals surface area contributed by atoms with Crippen molar-refractivity contribution in [2.75, 3.05) is 24.4 Å². The summed E-state index contributed by atoms with van der Waals surface area (Å²) in [6, 6.07) is 10.3. The molecule has 156 valence electrons. The predicted octanol–water partition coefficient (Wildman–Crippen LogP) is 4.58. The number of benzene rings is 2. The van der Waals surface area contributed by atoms with Crippen LogP contribution in [-0.2, 0) is 14.8 Å². The first-order valence-corrected chi connectivity index (χ1v) is 11.6. The minimum Gasteiger partial charge on any atom is -0.484 e. The summed E-state index contributed by atoms with van der Waals surface area (Å²) in [5, 5.41) is 0.654. The molecule has 0 aliphatic carbocycles. The first kappa shape index (κ1) is 21.7. The van der Waals surface area contributed by atoms with Crippen molar-refractivity contribution in [1.82, 2.24) is 4.90 Å². The fourth-order valence-electron chi connectivity index (χ4n) is 3.10. The van der Waals surface area contributed by atoms with Gasteiger partial charge in [-0.1, -0.05) is 36.0 Å². The van der Waals surface area contributed by atoms with E-state index in [0.29, 0.717) is 15.8 Å². The van der Waals surface area contributed by atoms with Crippen LogP contribution < -0.4 is 9.46 Å². The smallest absolute Gasteiger partial charge is 0.261 e. The van der Waals surface area contributed by atoms with Crippen LogP contribution in [0.3, 0.4) is 0 Å². The summed E-state index contributed by atoms with van der Waals surface area (Å²) >= 11 is 11.8. The molecule has 9 heteroatoms. The molecule has 29 heavy (non-hydrogen) atoms. The highest BCUT2D eigenvalue weighted by atomic mass is 35.5. The Labute approximate surface area is 180 Å². The second kappa shape index (κ2) is 9.69. The van der Waals surface area contributed by atoms with Crippen LogP contribution in [0.1, 0.15) is 25.7 Å². The van der Waals surface area contributed by atoms with E-state index in [9.17, 15) is 13.2 Å². The predicted molar refractivity (Wildman–Crippen MR) is 114 cm³/mol. The van der Waals surface area contributed by atoms with Gasteiger partial charge in [-0.15, -0.1) is 0 Å². The Morgan fingerprint density at radius 1 is 0.966 bits per heavy atom. The normalized spacial score (nSPS) is 14.9. The number of carbonyl (C=O) groups excluding carboxylic acids is 1. The lowest BCUT2D eigenvalue weighted by molar-refractivity contribution is -0.133. The van der Waals surface area contributed by atoms with Crippen LogP contribution in [0.15, 0.2) is 47.4 Å². The summed E-state index contributed by atoms with van der Waals surface area (Å²) in [6.45, 7) is 1.46. The molecule has 1 fully saturated rings. The number of hydrogen-bond acceptors (Lipinski definition) is 4. The van der Waals surface area contributed by atoms with Gasteiger partial charge in [-0.2, -0.15) is 0 Å². The molecular weight excluding hydrogens is 435 g/mol. The minimum absolute atomic E-state index is 0.0527. The number of sulfonamides is 1. The highest BCUT2D eigenvalue weighted by molar-refractivity contribution is 7.92. The van der Waals surface area contributed by atoms with Gasteiger partial charge in [0.2, 0.25) is 0 Å². The number of nitrogens with one attached hydrogen (secondary N) is 1. The van der Waals surface area contributed by atoms with E-state index in [0.717, 1.165) is 38.8 Å². The molecule has 6 nitrogen and oxygen atoms in total. The van der Waals surface area contributed by atoms with Gasteiger partial charge in [-0.3, -0.25) is 9.52 Å². The molecule has 0 bridgehead atoms. The summed E-state index contributed by atoms with van der Waals surface area (Å²) in [7, 11) is -3.81. The number of likely N-dealkylation sites (tertiary alicyclic amines) is 1. The van der Waals surface area contributed by atoms with Crippen LogP contribution in [0.5, 0.6) is 5.75 Å². The summed E-state index contributed by atoms with van der Waals surface area (Å²) in [5.41, 5.74) is 0.269. The van der Waals surface area contributed by atoms with E-state index in [1.807, 2.05) is 4.90 Å². The van der Waals surface area contributed by atoms with Crippen molar-refractivity contribution in [1.29, 1.82) is 0 Å². The minimum atomic E-state index is -3.81. The van der Waals surface area contributed by atoms with Gasteiger partial charge < -0.3 is 9.64 Å². The van der Waals surface area contributed by atoms with Gasteiger partial charge in [-0.25, -0.2) is 8.42 Å². The van der Waals surface area contributed by atoms with Crippen molar-refractivity contribution in [3.63, 3.8) is 0 Å². The van der Waals surface area contributed by atoms with Crippen molar-refractivity contribution in [2.24, 2.45) is 0 Å². The lowest BCUT2D eigenvalue weighted by Gasteiger charge is -2.20. The molecule has 2 aromatic carbocycles. The zero-order valence-electron chi connectivity index (χ0n) is 15.7. The molecule has 0 aromatic heterocycles. The van der Waals surface area contributed by atoms with E-state index in [-0.39, 0.29) is 23.1 Å². The standard InChI is InChI=1S/C20H22Cl2N2O4S/c21-15-11-16(22)13-17(12-15)23-29(26,27)19-7-5-18(6-8-19)28-14-20(25)24-9-3-1-2-4-10-24/h5-8,11-13,23H,1-4,9-10,14H2. The molecule has 0 saturated carbocycles. The second-order valence-corrected chi connectivity index (χ2v) is 9.37. The average Bonchev–Trinajstić information content (AvgIpc) is 2.95. The van der Waals surface area contributed by atoms with E-state index in [2.05, 4.69) is 4.72 Å². The summed E-state index contributed by atoms with van der Waals surface area (Å²) in [4.78, 5) is 14.2. The third-order valence-electron chi connectivity index (χ3n) is 4.57. The highest BCUT2D eigenvalue weighted by Gasteiger charge is 2.17. The highest BCUT2D eigenvalue weighted by Crippen LogP contribution is 2.25. The van der Waals surface area contributed by atoms with Crippen LogP contribution in [-0.4, -0.2) is 38.9 Å². The van der Waals surface area contributed by atoms with Gasteiger partial charge >= 0.3 is 0 Å². The zero-order chi connectivity index (χ0) is 20.9. The largest absolute Gasteiger partial charge is 0.484 e. The fraction of sp³-hybridized carbons (Fsp3) is 0.350. The number of anilines is 1. The van der Waals surface area contributed by atoms with Crippen molar-refractivity contribution in [3.8, 4) is 5.75 Å². The van der Waals surface area contributed by atoms with E-state index in [1.54, 1.807) is 0 Å². The number of carbonyl (C=O) groups is 1. The van der Waals surface area contributed by atoms with Crippen LogP contribution >= 0.6 is 23.2 Å². The molecular formula is C20H22Cl2N2O4S. The number of ether oxygens (including phenoxy) is 1. The Balaban J connectivity index is 1.60. The van der Waals surface area contributed by atoms with Crippen molar-refractivity contribution < 1.29 is 17.9 Å². The lowest BCUT2D eigenvalue weighted by Crippen LogP contribution is -2.35. The molecule has 0 spiro atoms. The molecule has 1 aliphatic heterocycles. The second-order valence-electron chi connectivity index (χ2n) is 6.82. The third-order valence-corrected chi connectivity index (χ3v) is 6.40. The van der Waals surface area contributed by atoms with Crippen LogP contribution in [0.2, 0.25) is 10.0 Å². The van der Waals surface area contributed by atoms with E-state index >= 15 is 0 Å². The first-order chi connectivity index (χ1) is 13.8. The molecule has 0 unspecified atom stereocenters. The molecule has 1 amide bonds. The van der Waals surface area contributed by atoms with Crippen LogP contribution in [0, 0.1) is 0 Å². The maximum atomic E-state index is 12.5. The Bertz CT molecular complexity index is 937. The monoisotopic (exact) mass is 456 g/mol. The molecule has 3 rings (SSSR count). The molecule has 0 atom stereocenters. The Morgan fingerprint density at radius 2 is 1.55 bits per heavy atom. The number of rotatable bonds is 6. The van der Waals surface area contributed by atoms with E-state index < -0.39 is 10.0 Å². The molecule has 0 radical (unpaired) electrons. The van der Waals surface area contributed by atoms with Gasteiger partial charge in [-0.05, 0) is 55.3 Å². The van der Waals surface area contributed by atoms with Gasteiger partial charge in [0.25, 0.3) is 15.9 Å². The van der Waals surface area contributed by atoms with Gasteiger partial charge in [0.15, 0.2) is 6.61 Å². The van der Waals surface area contributed by atoms with Gasteiger partial charge in [0, 0.05) is 23.1 Å². The average molecular weight is 457 g/mol. The number of nitrogens with zero attached hydrogens (tertiary/aromatic N) is 1. The van der Waals surface area contributed by atoms with Crippen molar-refractivity contribution in [3.05, 3.63) is 52.5 Å². The zero-order valence-corrected chi connectivity index (χ0v) is 18.1. The first-order valence-electron chi connectivity index (χ1n) is 9.33. The Hall–Kier alpha value is -1.96. The Morgan fingerprint density at radius 3 is 2.14 bits per heavy atom. The van der Waals surface area contributed by atoms with Crippen LogP contribution in [0.25, 0.3) is 0 Å². The SMILES string of the molecule is O=C(COc1ccc(S(=O)(=O)Nc2cc(Cl)cc(Cl)c2)cc1)N1CCCCCC1. The van der Waals surface area contributed by atoms with Gasteiger partial charge in [0.1, 0.15) is 5.75 Å². The van der Waals surface area contributed by atoms with Crippen LogP contribution in [0.4, 0.5) is 5.69 Å². The third kappa shape index (κ3) is 6.26. The van der Waals surface area contributed by atoms with Crippen molar-refractivity contribution in [2.45, 2.75) is 30.6 Å². The number of halogens is 2. The Kier molecular flexibility index (Phi) is 7.27. The van der Waals surface area contributed by atoms with E-state index in [4.69, 9.17) is 27.9 Å². The topological polar surface area (TPSA) is 75.7 Å². The van der Waals surface area contributed by atoms with Crippen molar-refractivity contribution >= 4 is 44.8 Å². The molecule has 1 saturated heterocycles. The lowest BCUT2D eigenvalue weighted by atomic mass is 10.2. The molecule has 1 aliphatic rings. The summed E-state index contributed by atoms with van der Waals surface area (Å²) < 4.78 is 33.1. The molecule has 2 aromatic rings. The number of hydrogen-bond donors (Lipinski definition) is 1.